The lowest BCUT2D eigenvalue weighted by molar-refractivity contribution is 0.581. The van der Waals surface area contributed by atoms with Crippen molar-refractivity contribution in [2.75, 3.05) is 0 Å². The molecule has 4 nitrogen and oxygen atoms in total. The normalized spacial score (nSPS) is 11.8. The molecule has 0 saturated heterocycles. The summed E-state index contributed by atoms with van der Waals surface area (Å²) in [6.45, 7) is 6.37. The molecule has 0 aliphatic heterocycles. The van der Waals surface area contributed by atoms with E-state index in [1.165, 1.54) is 0 Å². The van der Waals surface area contributed by atoms with E-state index in [4.69, 9.17) is 5.73 Å². The Hall–Kier alpha value is -1.21. The fourth-order valence-electron chi connectivity index (χ4n) is 2.21. The third-order valence-electron chi connectivity index (χ3n) is 3.53. The molecule has 0 radical (unpaired) electrons. The monoisotopic (exact) mass is 324 g/mol. The van der Waals surface area contributed by atoms with Gasteiger partial charge in [0.25, 0.3) is 0 Å². The first-order valence-electron chi connectivity index (χ1n) is 6.68. The molecule has 1 aromatic carbocycles. The number of nitrogens with one attached hydrogen (secondary N) is 1. The van der Waals surface area contributed by atoms with Crippen molar-refractivity contribution in [3.8, 4) is 0 Å². The molecule has 2 rings (SSSR count). The third kappa shape index (κ3) is 3.52. The molecule has 2 aromatic rings. The number of aryl methyl sites for hydroxylation is 3. The van der Waals surface area contributed by atoms with Gasteiger partial charge in [-0.25, -0.2) is 13.1 Å². The van der Waals surface area contributed by atoms with Crippen LogP contribution in [-0.4, -0.2) is 8.42 Å². The lowest BCUT2D eigenvalue weighted by Crippen LogP contribution is -2.24. The number of hydrogen-bond donors (Lipinski definition) is 2. The minimum atomic E-state index is -3.53. The molecule has 0 amide bonds. The molecule has 21 heavy (non-hydrogen) atoms. The average molecular weight is 324 g/mol. The maximum atomic E-state index is 12.5. The summed E-state index contributed by atoms with van der Waals surface area (Å²) in [7, 11) is -3.53. The summed E-state index contributed by atoms with van der Waals surface area (Å²) in [5.41, 5.74) is 9.38. The standard InChI is InChI=1S/C15H20N2O2S2/c1-10-4-5-20-14(10)9-17-21(18,19)15-7-13(8-16)11(2)6-12(15)3/h4-7,17H,8-9,16H2,1-3H3. The van der Waals surface area contributed by atoms with Crippen molar-refractivity contribution < 1.29 is 8.42 Å². The Bertz CT molecular complexity index is 749. The van der Waals surface area contributed by atoms with E-state index in [2.05, 4.69) is 4.72 Å². The van der Waals surface area contributed by atoms with Crippen LogP contribution in [0.4, 0.5) is 0 Å². The molecule has 0 bridgehead atoms. The second-order valence-corrected chi connectivity index (χ2v) is 7.84. The van der Waals surface area contributed by atoms with Crippen LogP contribution in [0.3, 0.4) is 0 Å². The highest BCUT2D eigenvalue weighted by molar-refractivity contribution is 7.89. The molecule has 0 fully saturated rings. The highest BCUT2D eigenvalue weighted by atomic mass is 32.2. The molecule has 0 aliphatic carbocycles. The Morgan fingerprint density at radius 1 is 1.14 bits per heavy atom. The minimum absolute atomic E-state index is 0.308. The molecule has 0 spiro atoms. The molecule has 1 heterocycles. The molecular formula is C15H20N2O2S2. The van der Waals surface area contributed by atoms with Crippen molar-refractivity contribution in [2.24, 2.45) is 5.73 Å². The smallest absolute Gasteiger partial charge is 0.241 e. The lowest BCUT2D eigenvalue weighted by Gasteiger charge is -2.12. The van der Waals surface area contributed by atoms with Crippen LogP contribution in [0.15, 0.2) is 28.5 Å². The van der Waals surface area contributed by atoms with Gasteiger partial charge in [0.15, 0.2) is 0 Å². The zero-order chi connectivity index (χ0) is 15.6. The third-order valence-corrected chi connectivity index (χ3v) is 6.10. The minimum Gasteiger partial charge on any atom is -0.326 e. The Morgan fingerprint density at radius 2 is 1.86 bits per heavy atom. The van der Waals surface area contributed by atoms with Gasteiger partial charge in [-0.1, -0.05) is 6.07 Å². The maximum Gasteiger partial charge on any atom is 0.241 e. The van der Waals surface area contributed by atoms with Crippen LogP contribution < -0.4 is 10.5 Å². The average Bonchev–Trinajstić information content (AvgIpc) is 2.82. The van der Waals surface area contributed by atoms with Crippen LogP contribution in [0, 0.1) is 20.8 Å². The van der Waals surface area contributed by atoms with Gasteiger partial charge in [-0.15, -0.1) is 11.3 Å². The molecule has 114 valence electrons. The highest BCUT2D eigenvalue weighted by Crippen LogP contribution is 2.21. The van der Waals surface area contributed by atoms with Crippen LogP contribution >= 0.6 is 11.3 Å². The van der Waals surface area contributed by atoms with Gasteiger partial charge in [0.05, 0.1) is 4.90 Å². The number of rotatable bonds is 5. The van der Waals surface area contributed by atoms with Gasteiger partial charge in [0, 0.05) is 18.0 Å². The predicted molar refractivity (Wildman–Crippen MR) is 86.9 cm³/mol. The van der Waals surface area contributed by atoms with E-state index in [0.29, 0.717) is 18.0 Å². The van der Waals surface area contributed by atoms with Gasteiger partial charge in [-0.05, 0) is 60.5 Å². The first-order valence-corrected chi connectivity index (χ1v) is 9.04. The van der Waals surface area contributed by atoms with E-state index in [-0.39, 0.29) is 0 Å². The van der Waals surface area contributed by atoms with E-state index in [9.17, 15) is 8.42 Å². The quantitative estimate of drug-likeness (QED) is 0.888. The van der Waals surface area contributed by atoms with Crippen molar-refractivity contribution in [1.82, 2.24) is 4.72 Å². The van der Waals surface area contributed by atoms with Gasteiger partial charge >= 0.3 is 0 Å². The molecule has 6 heteroatoms. The molecule has 0 unspecified atom stereocenters. The molecule has 3 N–H and O–H groups in total. The topological polar surface area (TPSA) is 72.2 Å². The fourth-order valence-corrected chi connectivity index (χ4v) is 4.41. The lowest BCUT2D eigenvalue weighted by atomic mass is 10.1. The van der Waals surface area contributed by atoms with Gasteiger partial charge in [-0.2, -0.15) is 0 Å². The van der Waals surface area contributed by atoms with Gasteiger partial charge in [-0.3, -0.25) is 0 Å². The Balaban J connectivity index is 2.29. The molecule has 0 saturated carbocycles. The second-order valence-electron chi connectivity index (χ2n) is 5.10. The van der Waals surface area contributed by atoms with Crippen LogP contribution in [0.5, 0.6) is 0 Å². The van der Waals surface area contributed by atoms with E-state index < -0.39 is 10.0 Å². The van der Waals surface area contributed by atoms with E-state index >= 15 is 0 Å². The Labute approximate surface area is 130 Å². The van der Waals surface area contributed by atoms with Crippen LogP contribution in [0.25, 0.3) is 0 Å². The first kappa shape index (κ1) is 16.2. The summed E-state index contributed by atoms with van der Waals surface area (Å²) in [5.74, 6) is 0. The molecule has 0 atom stereocenters. The van der Waals surface area contributed by atoms with Crippen molar-refractivity contribution in [3.63, 3.8) is 0 Å². The Morgan fingerprint density at radius 3 is 2.43 bits per heavy atom. The van der Waals surface area contributed by atoms with E-state index in [0.717, 1.165) is 27.1 Å². The second kappa shape index (κ2) is 6.27. The largest absolute Gasteiger partial charge is 0.326 e. The number of nitrogens with two attached hydrogens (primary N) is 1. The summed E-state index contributed by atoms with van der Waals surface area (Å²) < 4.78 is 27.7. The number of benzene rings is 1. The Kier molecular flexibility index (Phi) is 4.83. The van der Waals surface area contributed by atoms with Crippen molar-refractivity contribution >= 4 is 21.4 Å². The zero-order valence-electron chi connectivity index (χ0n) is 12.4. The van der Waals surface area contributed by atoms with Crippen molar-refractivity contribution in [2.45, 2.75) is 38.8 Å². The van der Waals surface area contributed by atoms with Crippen LogP contribution in [0.2, 0.25) is 0 Å². The maximum absolute atomic E-state index is 12.5. The number of hydrogen-bond acceptors (Lipinski definition) is 4. The summed E-state index contributed by atoms with van der Waals surface area (Å²) in [6, 6.07) is 5.53. The van der Waals surface area contributed by atoms with E-state index in [1.54, 1.807) is 24.3 Å². The van der Waals surface area contributed by atoms with Gasteiger partial charge < -0.3 is 5.73 Å². The summed E-state index contributed by atoms with van der Waals surface area (Å²) in [6.07, 6.45) is 0. The number of sulfonamides is 1. The van der Waals surface area contributed by atoms with Crippen molar-refractivity contribution in [3.05, 3.63) is 50.7 Å². The van der Waals surface area contributed by atoms with Gasteiger partial charge in [0.2, 0.25) is 10.0 Å². The summed E-state index contributed by atoms with van der Waals surface area (Å²) >= 11 is 1.55. The van der Waals surface area contributed by atoms with Crippen molar-refractivity contribution in [1.29, 1.82) is 0 Å². The SMILES string of the molecule is Cc1cc(C)c(S(=O)(=O)NCc2sccc2C)cc1CN. The fraction of sp³-hybridized carbons (Fsp3) is 0.333. The van der Waals surface area contributed by atoms with Crippen LogP contribution in [0.1, 0.15) is 27.1 Å². The summed E-state index contributed by atoms with van der Waals surface area (Å²) in [4.78, 5) is 1.34. The molecular weight excluding hydrogens is 304 g/mol. The molecule has 0 aliphatic rings. The first-order chi connectivity index (χ1) is 9.85. The molecule has 1 aromatic heterocycles. The van der Waals surface area contributed by atoms with Crippen LogP contribution in [-0.2, 0) is 23.1 Å². The predicted octanol–water partition coefficient (Wildman–Crippen LogP) is 2.61. The summed E-state index contributed by atoms with van der Waals surface area (Å²) in [5, 5.41) is 1.96. The van der Waals surface area contributed by atoms with E-state index in [1.807, 2.05) is 31.4 Å². The highest BCUT2D eigenvalue weighted by Gasteiger charge is 2.18. The number of thiophene rings is 1. The van der Waals surface area contributed by atoms with Gasteiger partial charge in [0.1, 0.15) is 0 Å². The zero-order valence-corrected chi connectivity index (χ0v) is 14.1.